The van der Waals surface area contributed by atoms with E-state index in [0.29, 0.717) is 0 Å². The minimum absolute atomic E-state index is 0.971. The van der Waals surface area contributed by atoms with Gasteiger partial charge in [0.25, 0.3) is 0 Å². The van der Waals surface area contributed by atoms with Crippen LogP contribution in [0.25, 0.3) is 0 Å². The minimum Gasteiger partial charge on any atom is -0.306 e. The molecule has 1 aliphatic rings. The third-order valence-corrected chi connectivity index (χ3v) is 3.14. The predicted octanol–water partition coefficient (Wildman–Crippen LogP) is 2.37. The second-order valence-corrected chi connectivity index (χ2v) is 3.89. The Kier molecular flexibility index (Phi) is 3.38. The van der Waals surface area contributed by atoms with Gasteiger partial charge in [0.2, 0.25) is 0 Å². The van der Waals surface area contributed by atoms with Crippen LogP contribution in [-0.4, -0.2) is 25.0 Å². The van der Waals surface area contributed by atoms with Crippen LogP contribution in [0.4, 0.5) is 0 Å². The summed E-state index contributed by atoms with van der Waals surface area (Å²) in [5.74, 6) is 1.98. The molecule has 11 heavy (non-hydrogen) atoms. The average Bonchev–Trinajstić information content (AvgIpc) is 2.04. The van der Waals surface area contributed by atoms with Gasteiger partial charge in [-0.3, -0.25) is 0 Å². The summed E-state index contributed by atoms with van der Waals surface area (Å²) in [5, 5.41) is 0. The molecule has 1 fully saturated rings. The highest BCUT2D eigenvalue weighted by molar-refractivity contribution is 4.76. The van der Waals surface area contributed by atoms with Gasteiger partial charge in [-0.1, -0.05) is 26.7 Å². The highest BCUT2D eigenvalue weighted by Crippen LogP contribution is 2.27. The molecule has 0 aromatic heterocycles. The van der Waals surface area contributed by atoms with Gasteiger partial charge in [0.1, 0.15) is 0 Å². The van der Waals surface area contributed by atoms with Gasteiger partial charge >= 0.3 is 0 Å². The average molecular weight is 155 g/mol. The van der Waals surface area contributed by atoms with Gasteiger partial charge in [0, 0.05) is 6.54 Å². The molecule has 0 N–H and O–H groups in total. The molecular formula is C10H21N. The molecule has 1 heterocycles. The SMILES string of the molecule is CCC1CCN(C)CC1CC. The molecule has 1 aliphatic heterocycles. The van der Waals surface area contributed by atoms with Crippen molar-refractivity contribution < 1.29 is 0 Å². The highest BCUT2D eigenvalue weighted by atomic mass is 15.1. The van der Waals surface area contributed by atoms with Crippen LogP contribution in [0.3, 0.4) is 0 Å². The maximum atomic E-state index is 2.47. The Morgan fingerprint density at radius 3 is 2.36 bits per heavy atom. The topological polar surface area (TPSA) is 3.24 Å². The summed E-state index contributed by atoms with van der Waals surface area (Å²) in [6.07, 6.45) is 4.17. The van der Waals surface area contributed by atoms with E-state index in [1.54, 1.807) is 0 Å². The van der Waals surface area contributed by atoms with Crippen LogP contribution in [0.1, 0.15) is 33.1 Å². The molecule has 2 atom stereocenters. The van der Waals surface area contributed by atoms with Gasteiger partial charge in [-0.25, -0.2) is 0 Å². The van der Waals surface area contributed by atoms with Crippen molar-refractivity contribution in [2.24, 2.45) is 11.8 Å². The number of likely N-dealkylation sites (tertiary alicyclic amines) is 1. The first-order chi connectivity index (χ1) is 5.27. The van der Waals surface area contributed by atoms with E-state index in [9.17, 15) is 0 Å². The molecule has 66 valence electrons. The van der Waals surface area contributed by atoms with Crippen LogP contribution in [0.15, 0.2) is 0 Å². The van der Waals surface area contributed by atoms with E-state index >= 15 is 0 Å². The smallest absolute Gasteiger partial charge is 0.000916 e. The van der Waals surface area contributed by atoms with Crippen molar-refractivity contribution in [3.05, 3.63) is 0 Å². The summed E-state index contributed by atoms with van der Waals surface area (Å²) < 4.78 is 0. The fourth-order valence-electron chi connectivity index (χ4n) is 2.26. The largest absolute Gasteiger partial charge is 0.306 e. The van der Waals surface area contributed by atoms with Crippen LogP contribution in [0.5, 0.6) is 0 Å². The van der Waals surface area contributed by atoms with E-state index in [2.05, 4.69) is 25.8 Å². The van der Waals surface area contributed by atoms with Crippen molar-refractivity contribution >= 4 is 0 Å². The fraction of sp³-hybridized carbons (Fsp3) is 1.00. The molecule has 0 aromatic rings. The van der Waals surface area contributed by atoms with Crippen LogP contribution in [0, 0.1) is 11.8 Å². The molecule has 1 rings (SSSR count). The molecule has 0 aromatic carbocycles. The van der Waals surface area contributed by atoms with Gasteiger partial charge in [-0.05, 0) is 31.8 Å². The summed E-state index contributed by atoms with van der Waals surface area (Å²) in [5.41, 5.74) is 0. The van der Waals surface area contributed by atoms with Crippen molar-refractivity contribution in [2.75, 3.05) is 20.1 Å². The molecule has 1 nitrogen and oxygen atoms in total. The van der Waals surface area contributed by atoms with E-state index in [0.717, 1.165) is 11.8 Å². The van der Waals surface area contributed by atoms with E-state index in [1.165, 1.54) is 32.4 Å². The van der Waals surface area contributed by atoms with Gasteiger partial charge < -0.3 is 4.90 Å². The zero-order valence-electron chi connectivity index (χ0n) is 8.14. The van der Waals surface area contributed by atoms with Crippen molar-refractivity contribution in [1.82, 2.24) is 4.90 Å². The monoisotopic (exact) mass is 155 g/mol. The van der Waals surface area contributed by atoms with Crippen LogP contribution >= 0.6 is 0 Å². The minimum atomic E-state index is 0.971. The fourth-order valence-corrected chi connectivity index (χ4v) is 2.26. The molecular weight excluding hydrogens is 134 g/mol. The molecule has 0 saturated carbocycles. The lowest BCUT2D eigenvalue weighted by atomic mass is 9.82. The Hall–Kier alpha value is -0.0400. The van der Waals surface area contributed by atoms with Gasteiger partial charge in [-0.2, -0.15) is 0 Å². The van der Waals surface area contributed by atoms with Crippen molar-refractivity contribution in [1.29, 1.82) is 0 Å². The van der Waals surface area contributed by atoms with Gasteiger partial charge in [-0.15, -0.1) is 0 Å². The standard InChI is InChI=1S/C10H21N/c1-4-9-6-7-11(3)8-10(9)5-2/h9-10H,4-8H2,1-3H3. The second kappa shape index (κ2) is 4.10. The molecule has 0 aliphatic carbocycles. The van der Waals surface area contributed by atoms with E-state index in [1.807, 2.05) is 0 Å². The van der Waals surface area contributed by atoms with E-state index < -0.39 is 0 Å². The maximum Gasteiger partial charge on any atom is 0.000916 e. The Morgan fingerprint density at radius 1 is 1.18 bits per heavy atom. The molecule has 1 heteroatoms. The lowest BCUT2D eigenvalue weighted by Crippen LogP contribution is -2.37. The first-order valence-electron chi connectivity index (χ1n) is 4.96. The molecule has 0 bridgehead atoms. The van der Waals surface area contributed by atoms with Gasteiger partial charge in [0.05, 0.1) is 0 Å². The van der Waals surface area contributed by atoms with Crippen LogP contribution in [0.2, 0.25) is 0 Å². The number of hydrogen-bond acceptors (Lipinski definition) is 1. The van der Waals surface area contributed by atoms with Crippen molar-refractivity contribution in [3.8, 4) is 0 Å². The summed E-state index contributed by atoms with van der Waals surface area (Å²) in [7, 11) is 2.24. The first kappa shape index (κ1) is 9.05. The number of nitrogens with zero attached hydrogens (tertiary/aromatic N) is 1. The Labute approximate surface area is 70.8 Å². The molecule has 0 spiro atoms. The predicted molar refractivity (Wildman–Crippen MR) is 49.7 cm³/mol. The Balaban J connectivity index is 2.41. The zero-order chi connectivity index (χ0) is 8.27. The van der Waals surface area contributed by atoms with E-state index in [-0.39, 0.29) is 0 Å². The Bertz CT molecular complexity index is 111. The maximum absolute atomic E-state index is 2.47. The zero-order valence-corrected chi connectivity index (χ0v) is 8.14. The van der Waals surface area contributed by atoms with Crippen molar-refractivity contribution in [3.63, 3.8) is 0 Å². The summed E-state index contributed by atoms with van der Waals surface area (Å²) >= 11 is 0. The number of hydrogen-bond donors (Lipinski definition) is 0. The molecule has 0 radical (unpaired) electrons. The third-order valence-electron chi connectivity index (χ3n) is 3.14. The third kappa shape index (κ3) is 2.19. The number of rotatable bonds is 2. The normalized spacial score (nSPS) is 34.1. The highest BCUT2D eigenvalue weighted by Gasteiger charge is 2.24. The molecule has 2 unspecified atom stereocenters. The quantitative estimate of drug-likeness (QED) is 0.592. The summed E-state index contributed by atoms with van der Waals surface area (Å²) in [6.45, 7) is 7.30. The van der Waals surface area contributed by atoms with Crippen molar-refractivity contribution in [2.45, 2.75) is 33.1 Å². The van der Waals surface area contributed by atoms with Crippen LogP contribution in [-0.2, 0) is 0 Å². The Morgan fingerprint density at radius 2 is 1.82 bits per heavy atom. The lowest BCUT2D eigenvalue weighted by molar-refractivity contribution is 0.136. The summed E-state index contributed by atoms with van der Waals surface area (Å²) in [4.78, 5) is 2.47. The van der Waals surface area contributed by atoms with Crippen LogP contribution < -0.4 is 0 Å². The first-order valence-corrected chi connectivity index (χ1v) is 4.96. The molecule has 0 amide bonds. The number of piperidine rings is 1. The molecule has 1 saturated heterocycles. The lowest BCUT2D eigenvalue weighted by Gasteiger charge is -2.35. The summed E-state index contributed by atoms with van der Waals surface area (Å²) in [6, 6.07) is 0. The van der Waals surface area contributed by atoms with E-state index in [4.69, 9.17) is 0 Å². The van der Waals surface area contributed by atoms with Gasteiger partial charge in [0.15, 0.2) is 0 Å². The second-order valence-electron chi connectivity index (χ2n) is 3.89.